The van der Waals surface area contributed by atoms with E-state index in [1.165, 1.54) is 12.5 Å². The van der Waals surface area contributed by atoms with Gasteiger partial charge in [-0.05, 0) is 44.9 Å². The molecule has 2 rings (SSSR count). The molecule has 1 aliphatic rings. The molecule has 1 aromatic rings. The minimum atomic E-state index is -1.16. The zero-order valence-electron chi connectivity index (χ0n) is 10.5. The summed E-state index contributed by atoms with van der Waals surface area (Å²) in [6, 6.07) is 4.69. The number of piperidine rings is 1. The van der Waals surface area contributed by atoms with Crippen molar-refractivity contribution in [2.24, 2.45) is 0 Å². The Labute approximate surface area is 112 Å². The van der Waals surface area contributed by atoms with Crippen LogP contribution in [0.15, 0.2) is 18.2 Å². The van der Waals surface area contributed by atoms with Crippen molar-refractivity contribution in [1.82, 2.24) is 5.32 Å². The highest BCUT2D eigenvalue weighted by atomic mass is 35.5. The van der Waals surface area contributed by atoms with E-state index in [4.69, 9.17) is 11.6 Å². The smallest absolute Gasteiger partial charge is 0.130 e. The Hall–Kier alpha value is -0.640. The van der Waals surface area contributed by atoms with Gasteiger partial charge in [0.1, 0.15) is 5.82 Å². The summed E-state index contributed by atoms with van der Waals surface area (Å²) in [5.74, 6) is -0.441. The van der Waals surface area contributed by atoms with E-state index in [1.54, 1.807) is 19.1 Å². The summed E-state index contributed by atoms with van der Waals surface area (Å²) in [5, 5.41) is 14.2. The lowest BCUT2D eigenvalue weighted by molar-refractivity contribution is 0.0298. The summed E-state index contributed by atoms with van der Waals surface area (Å²) < 4.78 is 13.8. The molecule has 2 unspecified atom stereocenters. The number of halogens is 2. The molecule has 2 nitrogen and oxygen atoms in total. The molecule has 0 spiro atoms. The van der Waals surface area contributed by atoms with Crippen LogP contribution in [0.2, 0.25) is 5.02 Å². The van der Waals surface area contributed by atoms with Crippen LogP contribution in [0.3, 0.4) is 0 Å². The first-order valence-corrected chi connectivity index (χ1v) is 6.78. The molecule has 0 radical (unpaired) electrons. The predicted octanol–water partition coefficient (Wildman–Crippen LogP) is 3.22. The SMILES string of the molecule is CC(O)(CC1CCCCN1)c1ccc(Cl)cc1F. The van der Waals surface area contributed by atoms with E-state index in [-0.39, 0.29) is 6.04 Å². The molecular weight excluding hydrogens is 253 g/mol. The standard InChI is InChI=1S/C14H19ClFNO/c1-14(18,9-11-4-2-3-7-17-11)12-6-5-10(15)8-13(12)16/h5-6,8,11,17-18H,2-4,7,9H2,1H3. The van der Waals surface area contributed by atoms with Crippen LogP contribution >= 0.6 is 11.6 Å². The van der Waals surface area contributed by atoms with Gasteiger partial charge in [0.2, 0.25) is 0 Å². The van der Waals surface area contributed by atoms with E-state index in [0.717, 1.165) is 19.4 Å². The molecule has 0 saturated carbocycles. The highest BCUT2D eigenvalue weighted by molar-refractivity contribution is 6.30. The molecule has 18 heavy (non-hydrogen) atoms. The van der Waals surface area contributed by atoms with E-state index in [9.17, 15) is 9.50 Å². The van der Waals surface area contributed by atoms with Crippen LogP contribution in [-0.4, -0.2) is 17.7 Å². The van der Waals surface area contributed by atoms with Crippen LogP contribution in [0, 0.1) is 5.82 Å². The zero-order chi connectivity index (χ0) is 13.2. The summed E-state index contributed by atoms with van der Waals surface area (Å²) >= 11 is 5.72. The first-order chi connectivity index (χ1) is 8.49. The van der Waals surface area contributed by atoms with E-state index >= 15 is 0 Å². The largest absolute Gasteiger partial charge is 0.385 e. The lowest BCUT2D eigenvalue weighted by atomic mass is 9.86. The number of hydrogen-bond acceptors (Lipinski definition) is 2. The molecule has 1 saturated heterocycles. The first-order valence-electron chi connectivity index (χ1n) is 6.40. The predicted molar refractivity (Wildman–Crippen MR) is 71.2 cm³/mol. The Morgan fingerprint density at radius 2 is 2.28 bits per heavy atom. The molecule has 1 fully saturated rings. The third kappa shape index (κ3) is 3.22. The number of hydrogen-bond donors (Lipinski definition) is 2. The van der Waals surface area contributed by atoms with Crippen molar-refractivity contribution in [2.45, 2.75) is 44.2 Å². The molecule has 1 aromatic carbocycles. The maximum atomic E-state index is 13.8. The summed E-state index contributed by atoms with van der Waals surface area (Å²) in [7, 11) is 0. The maximum Gasteiger partial charge on any atom is 0.130 e. The third-order valence-electron chi connectivity index (χ3n) is 3.57. The monoisotopic (exact) mass is 271 g/mol. The van der Waals surface area contributed by atoms with Crippen molar-refractivity contribution in [1.29, 1.82) is 0 Å². The van der Waals surface area contributed by atoms with Crippen LogP contribution in [0.4, 0.5) is 4.39 Å². The second-order valence-corrected chi connectivity index (χ2v) is 5.69. The summed E-state index contributed by atoms with van der Waals surface area (Å²) in [5.41, 5.74) is -0.844. The Morgan fingerprint density at radius 1 is 1.50 bits per heavy atom. The van der Waals surface area contributed by atoms with Crippen molar-refractivity contribution in [3.8, 4) is 0 Å². The van der Waals surface area contributed by atoms with Crippen molar-refractivity contribution in [3.63, 3.8) is 0 Å². The molecule has 2 atom stereocenters. The topological polar surface area (TPSA) is 32.3 Å². The van der Waals surface area contributed by atoms with Gasteiger partial charge in [0.25, 0.3) is 0 Å². The fourth-order valence-electron chi connectivity index (χ4n) is 2.61. The molecule has 0 amide bonds. The average Bonchev–Trinajstić information content (AvgIpc) is 2.29. The highest BCUT2D eigenvalue weighted by Crippen LogP contribution is 2.31. The summed E-state index contributed by atoms with van der Waals surface area (Å²) in [6.07, 6.45) is 3.89. The Morgan fingerprint density at radius 3 is 2.89 bits per heavy atom. The van der Waals surface area contributed by atoms with Gasteiger partial charge in [0, 0.05) is 16.6 Å². The van der Waals surface area contributed by atoms with Gasteiger partial charge in [-0.1, -0.05) is 24.1 Å². The molecule has 1 aliphatic heterocycles. The van der Waals surface area contributed by atoms with Crippen molar-refractivity contribution in [3.05, 3.63) is 34.6 Å². The molecule has 2 N–H and O–H groups in total. The normalized spacial score (nSPS) is 23.7. The highest BCUT2D eigenvalue weighted by Gasteiger charge is 2.30. The quantitative estimate of drug-likeness (QED) is 0.885. The minimum absolute atomic E-state index is 0.254. The van der Waals surface area contributed by atoms with Crippen LogP contribution in [0.25, 0.3) is 0 Å². The Balaban J connectivity index is 2.13. The van der Waals surface area contributed by atoms with E-state index in [0.29, 0.717) is 17.0 Å². The fourth-order valence-corrected chi connectivity index (χ4v) is 2.77. The fraction of sp³-hybridized carbons (Fsp3) is 0.571. The van der Waals surface area contributed by atoms with Crippen LogP contribution in [0.1, 0.15) is 38.2 Å². The van der Waals surface area contributed by atoms with Crippen LogP contribution in [0.5, 0.6) is 0 Å². The van der Waals surface area contributed by atoms with Gasteiger partial charge in [-0.2, -0.15) is 0 Å². The van der Waals surface area contributed by atoms with Crippen molar-refractivity contribution < 1.29 is 9.50 Å². The van der Waals surface area contributed by atoms with Gasteiger partial charge >= 0.3 is 0 Å². The Kier molecular flexibility index (Phi) is 4.25. The van der Waals surface area contributed by atoms with Gasteiger partial charge in [0.15, 0.2) is 0 Å². The Bertz CT molecular complexity index is 416. The molecule has 0 aliphatic carbocycles. The lowest BCUT2D eigenvalue weighted by Crippen LogP contribution is -2.40. The number of nitrogens with one attached hydrogen (secondary N) is 1. The summed E-state index contributed by atoms with van der Waals surface area (Å²) in [4.78, 5) is 0. The van der Waals surface area contributed by atoms with Crippen LogP contribution < -0.4 is 5.32 Å². The van der Waals surface area contributed by atoms with Crippen LogP contribution in [-0.2, 0) is 5.60 Å². The van der Waals surface area contributed by atoms with Crippen molar-refractivity contribution >= 4 is 11.6 Å². The molecular formula is C14H19ClFNO. The zero-order valence-corrected chi connectivity index (χ0v) is 11.3. The van der Waals surface area contributed by atoms with E-state index < -0.39 is 11.4 Å². The van der Waals surface area contributed by atoms with Crippen molar-refractivity contribution in [2.75, 3.05) is 6.54 Å². The molecule has 0 bridgehead atoms. The minimum Gasteiger partial charge on any atom is -0.385 e. The lowest BCUT2D eigenvalue weighted by Gasteiger charge is -2.32. The van der Waals surface area contributed by atoms with Gasteiger partial charge in [-0.3, -0.25) is 0 Å². The van der Waals surface area contributed by atoms with Gasteiger partial charge in [-0.15, -0.1) is 0 Å². The number of rotatable bonds is 3. The molecule has 1 heterocycles. The molecule has 0 aromatic heterocycles. The van der Waals surface area contributed by atoms with E-state index in [1.807, 2.05) is 0 Å². The maximum absolute atomic E-state index is 13.8. The third-order valence-corrected chi connectivity index (χ3v) is 3.80. The number of aliphatic hydroxyl groups is 1. The first kappa shape index (κ1) is 13.8. The second kappa shape index (κ2) is 5.55. The van der Waals surface area contributed by atoms with Gasteiger partial charge < -0.3 is 10.4 Å². The average molecular weight is 272 g/mol. The van der Waals surface area contributed by atoms with Gasteiger partial charge in [0.05, 0.1) is 5.60 Å². The summed E-state index contributed by atoms with van der Waals surface area (Å²) in [6.45, 7) is 2.64. The molecule has 4 heteroatoms. The van der Waals surface area contributed by atoms with E-state index in [2.05, 4.69) is 5.32 Å². The number of benzene rings is 1. The van der Waals surface area contributed by atoms with Gasteiger partial charge in [-0.25, -0.2) is 4.39 Å². The molecule has 100 valence electrons. The second-order valence-electron chi connectivity index (χ2n) is 5.25.